The Balaban J connectivity index is 1.56. The van der Waals surface area contributed by atoms with Gasteiger partial charge in [0, 0.05) is 16.7 Å². The molecule has 0 N–H and O–H groups in total. The SMILES string of the molecule is COc1ccc(-c2oc(N=Cc3ccc(-c4ccc(F)cc4)o3)c(C#N)c2-c2ccc(OC)cc2)cc1. The fourth-order valence-electron chi connectivity index (χ4n) is 3.91. The lowest BCUT2D eigenvalue weighted by Crippen LogP contribution is -1.86. The van der Waals surface area contributed by atoms with Crippen LogP contribution in [0.25, 0.3) is 33.8 Å². The molecule has 0 radical (unpaired) electrons. The summed E-state index contributed by atoms with van der Waals surface area (Å²) in [5.41, 5.74) is 3.19. The third-order valence-corrected chi connectivity index (χ3v) is 5.80. The van der Waals surface area contributed by atoms with Crippen LogP contribution in [-0.4, -0.2) is 20.4 Å². The van der Waals surface area contributed by atoms with Crippen molar-refractivity contribution in [3.05, 3.63) is 102 Å². The summed E-state index contributed by atoms with van der Waals surface area (Å²) in [4.78, 5) is 4.45. The fraction of sp³-hybridized carbons (Fsp3) is 0.0667. The van der Waals surface area contributed by atoms with Crippen molar-refractivity contribution < 1.29 is 22.7 Å². The van der Waals surface area contributed by atoms with E-state index in [0.717, 1.165) is 16.7 Å². The monoisotopic (exact) mass is 492 g/mol. The van der Waals surface area contributed by atoms with E-state index >= 15 is 0 Å². The lowest BCUT2D eigenvalue weighted by atomic mass is 9.98. The molecule has 37 heavy (non-hydrogen) atoms. The highest BCUT2D eigenvalue weighted by atomic mass is 19.1. The zero-order chi connectivity index (χ0) is 25.8. The third-order valence-electron chi connectivity index (χ3n) is 5.80. The first-order chi connectivity index (χ1) is 18.1. The van der Waals surface area contributed by atoms with Gasteiger partial charge in [0.05, 0.1) is 20.4 Å². The van der Waals surface area contributed by atoms with E-state index in [1.165, 1.54) is 18.3 Å². The quantitative estimate of drug-likeness (QED) is 0.218. The second-order valence-corrected chi connectivity index (χ2v) is 8.02. The molecule has 2 aromatic heterocycles. The Morgan fingerprint density at radius 3 is 1.95 bits per heavy atom. The predicted molar refractivity (Wildman–Crippen MR) is 139 cm³/mol. The summed E-state index contributed by atoms with van der Waals surface area (Å²) in [6.07, 6.45) is 1.49. The maximum absolute atomic E-state index is 13.2. The molecule has 0 saturated carbocycles. The number of hydrogen-bond acceptors (Lipinski definition) is 6. The van der Waals surface area contributed by atoms with E-state index in [9.17, 15) is 9.65 Å². The Morgan fingerprint density at radius 2 is 1.35 bits per heavy atom. The molecule has 0 unspecified atom stereocenters. The van der Waals surface area contributed by atoms with Crippen molar-refractivity contribution in [3.63, 3.8) is 0 Å². The van der Waals surface area contributed by atoms with Crippen LogP contribution < -0.4 is 9.47 Å². The van der Waals surface area contributed by atoms with Crippen molar-refractivity contribution in [1.82, 2.24) is 0 Å². The molecule has 0 saturated heterocycles. The van der Waals surface area contributed by atoms with Crippen LogP contribution in [0.3, 0.4) is 0 Å². The molecule has 5 rings (SSSR count). The van der Waals surface area contributed by atoms with Gasteiger partial charge in [-0.05, 0) is 78.4 Å². The summed E-state index contributed by atoms with van der Waals surface area (Å²) in [7, 11) is 3.20. The number of aliphatic imine (C=N–C) groups is 1. The second-order valence-electron chi connectivity index (χ2n) is 8.02. The van der Waals surface area contributed by atoms with Crippen LogP contribution in [0.4, 0.5) is 10.3 Å². The molecule has 0 bridgehead atoms. The molecule has 2 heterocycles. The van der Waals surface area contributed by atoms with Crippen molar-refractivity contribution >= 4 is 12.1 Å². The van der Waals surface area contributed by atoms with E-state index in [2.05, 4.69) is 11.1 Å². The number of methoxy groups -OCH3 is 2. The van der Waals surface area contributed by atoms with Crippen LogP contribution in [-0.2, 0) is 0 Å². The number of rotatable bonds is 7. The molecule has 7 heteroatoms. The lowest BCUT2D eigenvalue weighted by Gasteiger charge is -2.06. The summed E-state index contributed by atoms with van der Waals surface area (Å²) in [6.45, 7) is 0. The van der Waals surface area contributed by atoms with Crippen LogP contribution in [0.2, 0.25) is 0 Å². The first kappa shape index (κ1) is 23.6. The van der Waals surface area contributed by atoms with Gasteiger partial charge in [0.2, 0.25) is 5.88 Å². The fourth-order valence-corrected chi connectivity index (χ4v) is 3.91. The first-order valence-electron chi connectivity index (χ1n) is 11.3. The average molecular weight is 493 g/mol. The van der Waals surface area contributed by atoms with Crippen molar-refractivity contribution in [2.45, 2.75) is 0 Å². The van der Waals surface area contributed by atoms with Gasteiger partial charge in [0.1, 0.15) is 46.2 Å². The van der Waals surface area contributed by atoms with Gasteiger partial charge < -0.3 is 18.3 Å². The van der Waals surface area contributed by atoms with Gasteiger partial charge in [-0.3, -0.25) is 0 Å². The van der Waals surface area contributed by atoms with Crippen molar-refractivity contribution in [2.75, 3.05) is 14.2 Å². The maximum atomic E-state index is 13.2. The highest BCUT2D eigenvalue weighted by molar-refractivity contribution is 5.89. The summed E-state index contributed by atoms with van der Waals surface area (Å²) in [5.74, 6) is 2.76. The van der Waals surface area contributed by atoms with Crippen LogP contribution >= 0.6 is 0 Å². The van der Waals surface area contributed by atoms with Gasteiger partial charge in [0.15, 0.2) is 0 Å². The number of nitriles is 1. The van der Waals surface area contributed by atoms with Gasteiger partial charge in [-0.1, -0.05) is 12.1 Å². The first-order valence-corrected chi connectivity index (χ1v) is 11.3. The molecule has 3 aromatic carbocycles. The van der Waals surface area contributed by atoms with Crippen molar-refractivity contribution in [3.8, 4) is 51.3 Å². The zero-order valence-corrected chi connectivity index (χ0v) is 20.1. The van der Waals surface area contributed by atoms with Crippen LogP contribution in [0.1, 0.15) is 11.3 Å². The van der Waals surface area contributed by atoms with Crippen LogP contribution in [0.15, 0.2) is 98.8 Å². The minimum absolute atomic E-state index is 0.152. The highest BCUT2D eigenvalue weighted by Gasteiger charge is 2.23. The minimum Gasteiger partial charge on any atom is -0.497 e. The Kier molecular flexibility index (Phi) is 6.56. The van der Waals surface area contributed by atoms with E-state index in [-0.39, 0.29) is 17.3 Å². The normalized spacial score (nSPS) is 11.0. The largest absolute Gasteiger partial charge is 0.497 e. The van der Waals surface area contributed by atoms with Gasteiger partial charge in [0.25, 0.3) is 0 Å². The molecule has 0 spiro atoms. The Morgan fingerprint density at radius 1 is 0.757 bits per heavy atom. The molecule has 0 aliphatic rings. The van der Waals surface area contributed by atoms with Crippen LogP contribution in [0.5, 0.6) is 11.5 Å². The number of benzene rings is 3. The molecular weight excluding hydrogens is 471 g/mol. The average Bonchev–Trinajstić information content (AvgIpc) is 3.57. The maximum Gasteiger partial charge on any atom is 0.238 e. The van der Waals surface area contributed by atoms with Crippen molar-refractivity contribution in [2.24, 2.45) is 4.99 Å². The minimum atomic E-state index is -0.320. The van der Waals surface area contributed by atoms with Gasteiger partial charge in [-0.2, -0.15) is 5.26 Å². The van der Waals surface area contributed by atoms with Crippen molar-refractivity contribution in [1.29, 1.82) is 5.26 Å². The number of furan rings is 2. The number of hydrogen-bond donors (Lipinski definition) is 0. The second kappa shape index (κ2) is 10.3. The molecule has 0 aliphatic carbocycles. The highest BCUT2D eigenvalue weighted by Crippen LogP contribution is 2.43. The van der Waals surface area contributed by atoms with Gasteiger partial charge in [-0.15, -0.1) is 0 Å². The summed E-state index contributed by atoms with van der Waals surface area (Å²) in [5, 5.41) is 10.1. The lowest BCUT2D eigenvalue weighted by molar-refractivity contribution is 0.414. The number of ether oxygens (including phenoxy) is 2. The Bertz CT molecular complexity index is 1590. The summed E-state index contributed by atoms with van der Waals surface area (Å²) in [6, 6.07) is 26.5. The van der Waals surface area contributed by atoms with E-state index in [4.69, 9.17) is 18.3 Å². The molecule has 182 valence electrons. The zero-order valence-electron chi connectivity index (χ0n) is 20.1. The predicted octanol–water partition coefficient (Wildman–Crippen LogP) is 7.65. The van der Waals surface area contributed by atoms with E-state index in [1.54, 1.807) is 38.5 Å². The van der Waals surface area contributed by atoms with E-state index in [0.29, 0.717) is 34.3 Å². The molecular formula is C30H21FN2O4. The smallest absolute Gasteiger partial charge is 0.238 e. The number of nitrogens with zero attached hydrogens (tertiary/aromatic N) is 2. The summed E-state index contributed by atoms with van der Waals surface area (Å²) >= 11 is 0. The van der Waals surface area contributed by atoms with Crippen LogP contribution in [0, 0.1) is 17.1 Å². The molecule has 0 amide bonds. The Labute approximate surface area is 212 Å². The van der Waals surface area contributed by atoms with E-state index in [1.807, 2.05) is 48.5 Å². The standard InChI is InChI=1S/C30H21FN2O4/c1-34-23-11-5-20(6-12-23)28-26(17-32)30(37-29(28)21-7-13-24(35-2)14-8-21)33-18-25-15-16-27(36-25)19-3-9-22(31)10-4-19/h3-16,18H,1-2H3. The third kappa shape index (κ3) is 4.86. The number of halogens is 1. The van der Waals surface area contributed by atoms with Gasteiger partial charge in [-0.25, -0.2) is 9.38 Å². The summed E-state index contributed by atoms with van der Waals surface area (Å²) < 4.78 is 35.8. The molecule has 0 fully saturated rings. The van der Waals surface area contributed by atoms with E-state index < -0.39 is 0 Å². The molecule has 0 aliphatic heterocycles. The topological polar surface area (TPSA) is 80.9 Å². The Hall–Kier alpha value is -5.09. The molecule has 6 nitrogen and oxygen atoms in total. The molecule has 5 aromatic rings. The van der Waals surface area contributed by atoms with Gasteiger partial charge >= 0.3 is 0 Å². The molecule has 0 atom stereocenters.